The van der Waals surface area contributed by atoms with Gasteiger partial charge in [0.2, 0.25) is 10.0 Å². The van der Waals surface area contributed by atoms with Gasteiger partial charge in [-0.25, -0.2) is 8.42 Å². The molecular formula is C14H22Cl2N2O3S. The van der Waals surface area contributed by atoms with Crippen LogP contribution in [0.1, 0.15) is 19.8 Å². The van der Waals surface area contributed by atoms with Gasteiger partial charge in [0, 0.05) is 25.2 Å². The number of rotatable bonds is 4. The molecule has 126 valence electrons. The van der Waals surface area contributed by atoms with Crippen LogP contribution in [-0.2, 0) is 10.0 Å². The maximum atomic E-state index is 12.8. The Morgan fingerprint density at radius 2 is 2.14 bits per heavy atom. The van der Waals surface area contributed by atoms with Crippen molar-refractivity contribution in [2.45, 2.75) is 30.7 Å². The minimum Gasteiger partial charge on any atom is -0.497 e. The van der Waals surface area contributed by atoms with Crippen molar-refractivity contribution >= 4 is 34.0 Å². The Hall–Kier alpha value is -0.530. The van der Waals surface area contributed by atoms with E-state index in [2.05, 4.69) is 0 Å². The van der Waals surface area contributed by atoms with Crippen LogP contribution in [0.3, 0.4) is 0 Å². The zero-order valence-electron chi connectivity index (χ0n) is 12.7. The highest BCUT2D eigenvalue weighted by atomic mass is 35.5. The fourth-order valence-corrected chi connectivity index (χ4v) is 4.59. The molecule has 1 aliphatic rings. The smallest absolute Gasteiger partial charge is 0.244 e. The second-order valence-corrected chi connectivity index (χ2v) is 7.73. The van der Waals surface area contributed by atoms with Gasteiger partial charge in [0.25, 0.3) is 0 Å². The Labute approximate surface area is 143 Å². The topological polar surface area (TPSA) is 72.6 Å². The maximum absolute atomic E-state index is 12.8. The number of ether oxygens (including phenoxy) is 1. The molecule has 0 spiro atoms. The van der Waals surface area contributed by atoms with E-state index in [1.807, 2.05) is 6.92 Å². The minimum atomic E-state index is -3.63. The van der Waals surface area contributed by atoms with E-state index in [9.17, 15) is 8.42 Å². The highest BCUT2D eigenvalue weighted by molar-refractivity contribution is 7.89. The molecule has 1 aromatic carbocycles. The number of halogens is 2. The molecule has 1 fully saturated rings. The summed E-state index contributed by atoms with van der Waals surface area (Å²) in [6.07, 6.45) is 1.77. The molecule has 1 aliphatic heterocycles. The quantitative estimate of drug-likeness (QED) is 0.885. The van der Waals surface area contributed by atoms with Crippen molar-refractivity contribution < 1.29 is 13.2 Å². The second kappa shape index (κ2) is 7.84. The van der Waals surface area contributed by atoms with Crippen LogP contribution in [0.2, 0.25) is 5.02 Å². The van der Waals surface area contributed by atoms with Gasteiger partial charge in [0.05, 0.1) is 12.1 Å². The molecule has 0 aromatic heterocycles. The summed E-state index contributed by atoms with van der Waals surface area (Å²) in [5.41, 5.74) is 5.92. The molecule has 0 aliphatic carbocycles. The SMILES string of the molecule is COc1ccc(Cl)c(S(=O)(=O)N2CCCC(C(C)N)C2)c1.Cl. The fourth-order valence-electron chi connectivity index (χ4n) is 2.57. The van der Waals surface area contributed by atoms with Crippen LogP contribution in [0.5, 0.6) is 5.75 Å². The van der Waals surface area contributed by atoms with E-state index in [-0.39, 0.29) is 34.3 Å². The molecule has 2 N–H and O–H groups in total. The molecule has 8 heteroatoms. The van der Waals surface area contributed by atoms with Gasteiger partial charge in [-0.2, -0.15) is 4.31 Å². The Bertz CT molecular complexity index is 608. The molecule has 5 nitrogen and oxygen atoms in total. The monoisotopic (exact) mass is 368 g/mol. The fraction of sp³-hybridized carbons (Fsp3) is 0.571. The third kappa shape index (κ3) is 4.06. The summed E-state index contributed by atoms with van der Waals surface area (Å²) in [4.78, 5) is 0.0915. The summed E-state index contributed by atoms with van der Waals surface area (Å²) in [6, 6.07) is 4.62. The highest BCUT2D eigenvalue weighted by Crippen LogP contribution is 2.31. The van der Waals surface area contributed by atoms with E-state index >= 15 is 0 Å². The van der Waals surface area contributed by atoms with Crippen LogP contribution >= 0.6 is 24.0 Å². The van der Waals surface area contributed by atoms with E-state index in [0.29, 0.717) is 18.8 Å². The van der Waals surface area contributed by atoms with Gasteiger partial charge < -0.3 is 10.5 Å². The number of methoxy groups -OCH3 is 1. The Morgan fingerprint density at radius 3 is 2.73 bits per heavy atom. The van der Waals surface area contributed by atoms with Crippen molar-refractivity contribution in [2.24, 2.45) is 11.7 Å². The van der Waals surface area contributed by atoms with Crippen molar-refractivity contribution in [3.05, 3.63) is 23.2 Å². The molecule has 0 radical (unpaired) electrons. The van der Waals surface area contributed by atoms with Gasteiger partial charge in [0.15, 0.2) is 0 Å². The first-order chi connectivity index (χ1) is 9.86. The summed E-state index contributed by atoms with van der Waals surface area (Å²) in [6.45, 7) is 2.85. The molecule has 22 heavy (non-hydrogen) atoms. The Morgan fingerprint density at radius 1 is 1.45 bits per heavy atom. The van der Waals surface area contributed by atoms with Crippen LogP contribution < -0.4 is 10.5 Å². The molecule has 0 bridgehead atoms. The molecule has 1 aromatic rings. The van der Waals surface area contributed by atoms with Gasteiger partial charge in [-0.15, -0.1) is 12.4 Å². The zero-order valence-corrected chi connectivity index (χ0v) is 15.0. The van der Waals surface area contributed by atoms with Crippen molar-refractivity contribution in [2.75, 3.05) is 20.2 Å². The van der Waals surface area contributed by atoms with Gasteiger partial charge in [-0.3, -0.25) is 0 Å². The first-order valence-corrected chi connectivity index (χ1v) is 8.77. The van der Waals surface area contributed by atoms with Crippen molar-refractivity contribution in [3.8, 4) is 5.75 Å². The minimum absolute atomic E-state index is 0. The number of benzene rings is 1. The largest absolute Gasteiger partial charge is 0.497 e. The molecule has 2 rings (SSSR count). The molecule has 1 heterocycles. The summed E-state index contributed by atoms with van der Waals surface area (Å²) in [5, 5.41) is 0.207. The van der Waals surface area contributed by atoms with Crippen LogP contribution in [0.4, 0.5) is 0 Å². The standard InChI is InChI=1S/C14H21ClN2O3S.ClH/c1-10(16)11-4-3-7-17(9-11)21(18,19)14-8-12(20-2)5-6-13(14)15;/h5-6,8,10-11H,3-4,7,9,16H2,1-2H3;1H. The lowest BCUT2D eigenvalue weighted by Gasteiger charge is -2.34. The van der Waals surface area contributed by atoms with Crippen LogP contribution in [-0.4, -0.2) is 39.0 Å². The second-order valence-electron chi connectivity index (χ2n) is 5.42. The Balaban J connectivity index is 0.00000242. The Kier molecular flexibility index (Phi) is 6.95. The van der Waals surface area contributed by atoms with Gasteiger partial charge >= 0.3 is 0 Å². The first-order valence-electron chi connectivity index (χ1n) is 6.95. The summed E-state index contributed by atoms with van der Waals surface area (Å²) in [5.74, 6) is 0.650. The normalized spacial score (nSPS) is 21.0. The molecule has 0 amide bonds. The predicted molar refractivity (Wildman–Crippen MR) is 90.4 cm³/mol. The summed E-state index contributed by atoms with van der Waals surface area (Å²) in [7, 11) is -2.13. The summed E-state index contributed by atoms with van der Waals surface area (Å²) >= 11 is 6.07. The van der Waals surface area contributed by atoms with E-state index < -0.39 is 10.0 Å². The number of hydrogen-bond acceptors (Lipinski definition) is 4. The third-order valence-corrected chi connectivity index (χ3v) is 6.27. The lowest BCUT2D eigenvalue weighted by molar-refractivity contribution is 0.243. The number of hydrogen-bond donors (Lipinski definition) is 1. The van der Waals surface area contributed by atoms with E-state index in [4.69, 9.17) is 22.1 Å². The van der Waals surface area contributed by atoms with Gasteiger partial charge in [-0.1, -0.05) is 11.6 Å². The number of nitrogens with zero attached hydrogens (tertiary/aromatic N) is 1. The van der Waals surface area contributed by atoms with E-state index in [1.165, 1.54) is 17.5 Å². The molecular weight excluding hydrogens is 347 g/mol. The predicted octanol–water partition coefficient (Wildman–Crippen LogP) is 2.52. The highest BCUT2D eigenvalue weighted by Gasteiger charge is 2.33. The van der Waals surface area contributed by atoms with Crippen LogP contribution in [0.25, 0.3) is 0 Å². The lowest BCUT2D eigenvalue weighted by atomic mass is 9.93. The average Bonchev–Trinajstić information content (AvgIpc) is 2.47. The van der Waals surface area contributed by atoms with Crippen LogP contribution in [0, 0.1) is 5.92 Å². The van der Waals surface area contributed by atoms with Crippen molar-refractivity contribution in [1.82, 2.24) is 4.31 Å². The number of piperidine rings is 1. The molecule has 0 saturated carbocycles. The molecule has 1 saturated heterocycles. The number of nitrogens with two attached hydrogens (primary N) is 1. The maximum Gasteiger partial charge on any atom is 0.244 e. The van der Waals surface area contributed by atoms with E-state index in [0.717, 1.165) is 12.8 Å². The first kappa shape index (κ1) is 19.5. The lowest BCUT2D eigenvalue weighted by Crippen LogP contribution is -2.45. The molecule has 2 atom stereocenters. The van der Waals surface area contributed by atoms with Gasteiger partial charge in [0.1, 0.15) is 10.6 Å². The number of sulfonamides is 1. The average molecular weight is 369 g/mol. The molecule has 2 unspecified atom stereocenters. The van der Waals surface area contributed by atoms with Crippen molar-refractivity contribution in [3.63, 3.8) is 0 Å². The van der Waals surface area contributed by atoms with Crippen LogP contribution in [0.15, 0.2) is 23.1 Å². The van der Waals surface area contributed by atoms with Gasteiger partial charge in [-0.05, 0) is 37.8 Å². The third-order valence-electron chi connectivity index (χ3n) is 3.92. The summed E-state index contributed by atoms with van der Waals surface area (Å²) < 4.78 is 32.1. The zero-order chi connectivity index (χ0) is 15.6. The van der Waals surface area contributed by atoms with Crippen molar-refractivity contribution in [1.29, 1.82) is 0 Å². The van der Waals surface area contributed by atoms with E-state index in [1.54, 1.807) is 12.1 Å².